The molecule has 0 saturated carbocycles. The van der Waals surface area contributed by atoms with E-state index in [1.54, 1.807) is 0 Å². The summed E-state index contributed by atoms with van der Waals surface area (Å²) in [6.07, 6.45) is 2.20. The zero-order valence-corrected chi connectivity index (χ0v) is 14.3. The first-order chi connectivity index (χ1) is 9.47. The molecule has 1 unspecified atom stereocenters. The minimum atomic E-state index is -0.308. The Morgan fingerprint density at radius 1 is 1.50 bits per heavy atom. The molecule has 2 rings (SSSR count). The van der Waals surface area contributed by atoms with Crippen molar-refractivity contribution in [1.82, 2.24) is 5.32 Å². The van der Waals surface area contributed by atoms with Gasteiger partial charge in [-0.25, -0.2) is 4.39 Å². The SMILES string of the molecule is CC(C)CC1CN(c2c(Cl)cc(F)cc2Br)CCCN1. The van der Waals surface area contributed by atoms with E-state index in [1.165, 1.54) is 12.1 Å². The number of hydrogen-bond acceptors (Lipinski definition) is 2. The summed E-state index contributed by atoms with van der Waals surface area (Å²) in [5.74, 6) is 0.344. The van der Waals surface area contributed by atoms with Crippen molar-refractivity contribution in [2.75, 3.05) is 24.5 Å². The fraction of sp³-hybridized carbons (Fsp3) is 0.600. The lowest BCUT2D eigenvalue weighted by Gasteiger charge is -2.29. The van der Waals surface area contributed by atoms with Crippen LogP contribution in [0.3, 0.4) is 0 Å². The molecule has 1 aliphatic heterocycles. The van der Waals surface area contributed by atoms with Crippen LogP contribution in [0.5, 0.6) is 0 Å². The molecule has 1 heterocycles. The average molecular weight is 364 g/mol. The summed E-state index contributed by atoms with van der Waals surface area (Å²) < 4.78 is 14.1. The van der Waals surface area contributed by atoms with Gasteiger partial charge in [-0.05, 0) is 53.4 Å². The van der Waals surface area contributed by atoms with E-state index < -0.39 is 0 Å². The Labute approximate surface area is 133 Å². The van der Waals surface area contributed by atoms with Gasteiger partial charge in [-0.15, -0.1) is 0 Å². The van der Waals surface area contributed by atoms with E-state index in [0.717, 1.165) is 42.6 Å². The molecule has 0 amide bonds. The van der Waals surface area contributed by atoms with Gasteiger partial charge in [0.05, 0.1) is 10.7 Å². The standard InChI is InChI=1S/C15H21BrClFN2/c1-10(2)6-12-9-20(5-3-4-19-12)15-13(16)7-11(18)8-14(15)17/h7-8,10,12,19H,3-6,9H2,1-2H3. The first-order valence-corrected chi connectivity index (χ1v) is 8.27. The van der Waals surface area contributed by atoms with Crippen molar-refractivity contribution in [3.8, 4) is 0 Å². The van der Waals surface area contributed by atoms with Crippen LogP contribution in [0.25, 0.3) is 0 Å². The molecule has 2 nitrogen and oxygen atoms in total. The van der Waals surface area contributed by atoms with Gasteiger partial charge < -0.3 is 10.2 Å². The molecule has 1 atom stereocenters. The molecule has 20 heavy (non-hydrogen) atoms. The Morgan fingerprint density at radius 2 is 2.25 bits per heavy atom. The highest BCUT2D eigenvalue weighted by Crippen LogP contribution is 2.35. The number of anilines is 1. The van der Waals surface area contributed by atoms with Crippen LogP contribution in [-0.2, 0) is 0 Å². The summed E-state index contributed by atoms with van der Waals surface area (Å²) >= 11 is 9.69. The smallest absolute Gasteiger partial charge is 0.125 e. The zero-order valence-electron chi connectivity index (χ0n) is 11.9. The molecule has 0 aliphatic carbocycles. The number of benzene rings is 1. The first kappa shape index (κ1) is 16.1. The molecule has 0 radical (unpaired) electrons. The average Bonchev–Trinajstić information content (AvgIpc) is 2.52. The van der Waals surface area contributed by atoms with E-state index in [1.807, 2.05) is 0 Å². The summed E-state index contributed by atoms with van der Waals surface area (Å²) in [5, 5.41) is 4.06. The van der Waals surface area contributed by atoms with Gasteiger partial charge in [0.15, 0.2) is 0 Å². The van der Waals surface area contributed by atoms with Crippen molar-refractivity contribution in [3.05, 3.63) is 27.4 Å². The van der Waals surface area contributed by atoms with Crippen LogP contribution in [0, 0.1) is 11.7 Å². The van der Waals surface area contributed by atoms with E-state index in [2.05, 4.69) is 40.0 Å². The summed E-state index contributed by atoms with van der Waals surface area (Å²) in [7, 11) is 0. The van der Waals surface area contributed by atoms with Gasteiger partial charge in [0, 0.05) is 23.6 Å². The van der Waals surface area contributed by atoms with Crippen molar-refractivity contribution in [1.29, 1.82) is 0 Å². The number of hydrogen-bond donors (Lipinski definition) is 1. The summed E-state index contributed by atoms with van der Waals surface area (Å²) in [4.78, 5) is 2.26. The molecule has 5 heteroatoms. The molecule has 0 spiro atoms. The van der Waals surface area contributed by atoms with Crippen molar-refractivity contribution >= 4 is 33.2 Å². The van der Waals surface area contributed by atoms with Crippen molar-refractivity contribution in [2.45, 2.75) is 32.7 Å². The number of nitrogens with one attached hydrogen (secondary N) is 1. The minimum Gasteiger partial charge on any atom is -0.368 e. The molecule has 0 aromatic heterocycles. The Bertz CT molecular complexity index is 444. The van der Waals surface area contributed by atoms with Crippen molar-refractivity contribution in [3.63, 3.8) is 0 Å². The van der Waals surface area contributed by atoms with Crippen molar-refractivity contribution in [2.24, 2.45) is 5.92 Å². The Morgan fingerprint density at radius 3 is 2.90 bits per heavy atom. The molecular formula is C15H21BrClFN2. The highest BCUT2D eigenvalue weighted by Gasteiger charge is 2.22. The van der Waals surface area contributed by atoms with Crippen LogP contribution in [0.2, 0.25) is 5.02 Å². The molecule has 1 aromatic rings. The quantitative estimate of drug-likeness (QED) is 0.853. The fourth-order valence-corrected chi connectivity index (χ4v) is 3.89. The van der Waals surface area contributed by atoms with Gasteiger partial charge in [-0.3, -0.25) is 0 Å². The van der Waals surface area contributed by atoms with Crippen LogP contribution in [0.1, 0.15) is 26.7 Å². The lowest BCUT2D eigenvalue weighted by Crippen LogP contribution is -2.38. The Kier molecular flexibility index (Phi) is 5.70. The lowest BCUT2D eigenvalue weighted by atomic mass is 10.0. The highest BCUT2D eigenvalue weighted by molar-refractivity contribution is 9.10. The second-order valence-corrected chi connectivity index (χ2v) is 7.06. The van der Waals surface area contributed by atoms with Gasteiger partial charge >= 0.3 is 0 Å². The highest BCUT2D eigenvalue weighted by atomic mass is 79.9. The molecule has 1 fully saturated rings. The predicted molar refractivity (Wildman–Crippen MR) is 87.2 cm³/mol. The summed E-state index contributed by atoms with van der Waals surface area (Å²) in [5.41, 5.74) is 0.908. The van der Waals surface area contributed by atoms with Crippen LogP contribution in [0.4, 0.5) is 10.1 Å². The third kappa shape index (κ3) is 4.09. The Balaban J connectivity index is 2.22. The number of halogens is 3. The molecule has 1 aromatic carbocycles. The maximum Gasteiger partial charge on any atom is 0.125 e. The maximum atomic E-state index is 13.4. The largest absolute Gasteiger partial charge is 0.368 e. The third-order valence-corrected chi connectivity index (χ3v) is 4.43. The minimum absolute atomic E-state index is 0.308. The van der Waals surface area contributed by atoms with E-state index in [9.17, 15) is 4.39 Å². The normalized spacial score (nSPS) is 20.3. The molecule has 112 valence electrons. The van der Waals surface area contributed by atoms with Crippen LogP contribution >= 0.6 is 27.5 Å². The Hall–Kier alpha value is -0.320. The van der Waals surface area contributed by atoms with Gasteiger partial charge in [0.25, 0.3) is 0 Å². The van der Waals surface area contributed by atoms with Gasteiger partial charge in [0.1, 0.15) is 5.82 Å². The van der Waals surface area contributed by atoms with E-state index in [-0.39, 0.29) is 5.82 Å². The number of rotatable bonds is 3. The van der Waals surface area contributed by atoms with E-state index >= 15 is 0 Å². The summed E-state index contributed by atoms with van der Waals surface area (Å²) in [6.45, 7) is 7.33. The lowest BCUT2D eigenvalue weighted by molar-refractivity contribution is 0.436. The monoisotopic (exact) mass is 362 g/mol. The molecular weight excluding hydrogens is 343 g/mol. The van der Waals surface area contributed by atoms with Crippen LogP contribution < -0.4 is 10.2 Å². The third-order valence-electron chi connectivity index (χ3n) is 3.53. The number of nitrogens with zero attached hydrogens (tertiary/aromatic N) is 1. The van der Waals surface area contributed by atoms with Gasteiger partial charge in [0.2, 0.25) is 0 Å². The summed E-state index contributed by atoms with van der Waals surface area (Å²) in [6, 6.07) is 3.32. The molecule has 0 bridgehead atoms. The predicted octanol–water partition coefficient (Wildman–Crippen LogP) is 4.46. The second-order valence-electron chi connectivity index (χ2n) is 5.80. The second kappa shape index (κ2) is 7.10. The van der Waals surface area contributed by atoms with E-state index in [4.69, 9.17) is 11.6 Å². The van der Waals surface area contributed by atoms with Crippen LogP contribution in [0.15, 0.2) is 16.6 Å². The fourth-order valence-electron chi connectivity index (χ4n) is 2.76. The molecule has 1 saturated heterocycles. The van der Waals surface area contributed by atoms with Crippen LogP contribution in [-0.4, -0.2) is 25.7 Å². The maximum absolute atomic E-state index is 13.4. The molecule has 1 N–H and O–H groups in total. The van der Waals surface area contributed by atoms with Crippen molar-refractivity contribution < 1.29 is 4.39 Å². The van der Waals surface area contributed by atoms with Gasteiger partial charge in [-0.2, -0.15) is 0 Å². The topological polar surface area (TPSA) is 15.3 Å². The first-order valence-electron chi connectivity index (χ1n) is 7.10. The molecule has 1 aliphatic rings. The van der Waals surface area contributed by atoms with E-state index in [0.29, 0.717) is 17.0 Å². The zero-order chi connectivity index (χ0) is 14.7. The van der Waals surface area contributed by atoms with Gasteiger partial charge in [-0.1, -0.05) is 25.4 Å².